The Labute approximate surface area is 188 Å². The van der Waals surface area contributed by atoms with Crippen LogP contribution in [0.5, 0.6) is 0 Å². The van der Waals surface area contributed by atoms with Gasteiger partial charge in [-0.15, -0.1) is 0 Å². The molecule has 9 heteroatoms. The lowest BCUT2D eigenvalue weighted by atomic mass is 10.1. The van der Waals surface area contributed by atoms with Crippen molar-refractivity contribution in [1.29, 1.82) is 0 Å². The summed E-state index contributed by atoms with van der Waals surface area (Å²) in [4.78, 5) is 0.0242. The Morgan fingerprint density at radius 1 is 0.767 bits per heavy atom. The number of rotatable bonds is 4. The van der Waals surface area contributed by atoms with Gasteiger partial charge in [0.05, 0.1) is 32.0 Å². The first-order valence-corrected chi connectivity index (χ1v) is 11.3. The minimum Gasteiger partial charge on any atom is -0.232 e. The van der Waals surface area contributed by atoms with Gasteiger partial charge in [0, 0.05) is 16.1 Å². The Morgan fingerprint density at radius 2 is 1.40 bits per heavy atom. The van der Waals surface area contributed by atoms with Gasteiger partial charge in [0.2, 0.25) is 10.0 Å². The van der Waals surface area contributed by atoms with Crippen LogP contribution < -0.4 is 5.14 Å². The fourth-order valence-corrected chi connectivity index (χ4v) is 3.92. The van der Waals surface area contributed by atoms with E-state index in [0.29, 0.717) is 26.4 Å². The Hall–Kier alpha value is -2.35. The van der Waals surface area contributed by atoms with Crippen molar-refractivity contribution < 1.29 is 8.42 Å². The van der Waals surface area contributed by atoms with Gasteiger partial charge in [-0.1, -0.05) is 53.0 Å². The van der Waals surface area contributed by atoms with Gasteiger partial charge in [0.25, 0.3) is 0 Å². The summed E-state index contributed by atoms with van der Waals surface area (Å²) in [6.45, 7) is 0. The third-order valence-electron chi connectivity index (χ3n) is 4.47. The van der Waals surface area contributed by atoms with Gasteiger partial charge in [-0.25, -0.2) is 18.2 Å². The minimum absolute atomic E-state index is 0.0242. The van der Waals surface area contributed by atoms with E-state index in [1.165, 1.54) is 12.1 Å². The van der Waals surface area contributed by atoms with Crippen LogP contribution in [0.15, 0.2) is 77.7 Å². The predicted molar refractivity (Wildman–Crippen MR) is 121 cm³/mol. The maximum absolute atomic E-state index is 11.6. The number of benzene rings is 3. The highest BCUT2D eigenvalue weighted by atomic mass is 35.5. The summed E-state index contributed by atoms with van der Waals surface area (Å²) < 4.78 is 24.9. The van der Waals surface area contributed by atoms with E-state index < -0.39 is 10.0 Å². The molecule has 0 saturated heterocycles. The van der Waals surface area contributed by atoms with Crippen molar-refractivity contribution in [2.75, 3.05) is 0 Å². The molecule has 0 bridgehead atoms. The summed E-state index contributed by atoms with van der Waals surface area (Å²) in [5, 5.41) is 11.4. The molecular weight excluding hydrogens is 465 g/mol. The highest BCUT2D eigenvalue weighted by molar-refractivity contribution is 7.89. The van der Waals surface area contributed by atoms with Crippen molar-refractivity contribution in [3.8, 4) is 28.2 Å². The molecule has 4 aromatic rings. The molecule has 30 heavy (non-hydrogen) atoms. The van der Waals surface area contributed by atoms with Gasteiger partial charge in [-0.3, -0.25) is 0 Å². The van der Waals surface area contributed by atoms with Gasteiger partial charge >= 0.3 is 0 Å². The van der Waals surface area contributed by atoms with E-state index in [9.17, 15) is 8.42 Å². The molecule has 0 radical (unpaired) electrons. The van der Waals surface area contributed by atoms with Crippen LogP contribution in [0.1, 0.15) is 0 Å². The molecule has 3 aromatic carbocycles. The Kier molecular flexibility index (Phi) is 5.61. The molecule has 0 unspecified atom stereocenters. The first kappa shape index (κ1) is 20.9. The number of sulfonamides is 1. The second-order valence-electron chi connectivity index (χ2n) is 6.50. The van der Waals surface area contributed by atoms with Gasteiger partial charge in [-0.05, 0) is 54.6 Å². The third kappa shape index (κ3) is 4.24. The molecule has 1 heterocycles. The number of halogens is 3. The zero-order valence-electron chi connectivity index (χ0n) is 15.3. The fraction of sp³-hybridized carbons (Fsp3) is 0. The van der Waals surface area contributed by atoms with E-state index in [4.69, 9.17) is 45.0 Å². The van der Waals surface area contributed by atoms with Crippen LogP contribution in [-0.2, 0) is 10.0 Å². The van der Waals surface area contributed by atoms with Crippen molar-refractivity contribution in [2.45, 2.75) is 4.90 Å². The van der Waals surface area contributed by atoms with E-state index in [0.717, 1.165) is 16.8 Å². The maximum atomic E-state index is 11.6. The lowest BCUT2D eigenvalue weighted by Gasteiger charge is -2.08. The zero-order chi connectivity index (χ0) is 21.5. The number of aromatic nitrogens is 2. The highest BCUT2D eigenvalue weighted by Crippen LogP contribution is 2.32. The Bertz CT molecular complexity index is 1330. The average Bonchev–Trinajstić information content (AvgIpc) is 3.15. The quantitative estimate of drug-likeness (QED) is 0.402. The number of hydrogen-bond donors (Lipinski definition) is 1. The van der Waals surface area contributed by atoms with Crippen molar-refractivity contribution >= 4 is 44.8 Å². The Balaban J connectivity index is 1.88. The molecule has 0 aliphatic heterocycles. The largest absolute Gasteiger partial charge is 0.238 e. The van der Waals surface area contributed by atoms with E-state index in [1.807, 2.05) is 24.3 Å². The molecule has 5 nitrogen and oxygen atoms in total. The smallest absolute Gasteiger partial charge is 0.232 e. The predicted octanol–water partition coefficient (Wildman–Crippen LogP) is 5.81. The topological polar surface area (TPSA) is 78.0 Å². The van der Waals surface area contributed by atoms with Gasteiger partial charge in [-0.2, -0.15) is 5.10 Å². The number of nitrogens with zero attached hydrogens (tertiary/aromatic N) is 2. The number of nitrogens with two attached hydrogens (primary N) is 1. The Morgan fingerprint density at radius 3 is 2.00 bits per heavy atom. The van der Waals surface area contributed by atoms with E-state index >= 15 is 0 Å². The standard InChI is InChI=1S/C21H14Cl3N3O2S/c22-15-4-1-13(2-5-15)21-12-20(14-3-10-18(23)19(24)11-14)26-27(21)16-6-8-17(9-7-16)30(25,28)29/h1-12H,(H2,25,28,29). The third-order valence-corrected chi connectivity index (χ3v) is 6.39. The van der Waals surface area contributed by atoms with E-state index in [-0.39, 0.29) is 4.90 Å². The van der Waals surface area contributed by atoms with Crippen molar-refractivity contribution in [3.63, 3.8) is 0 Å². The van der Waals surface area contributed by atoms with Crippen LogP contribution in [0, 0.1) is 0 Å². The molecule has 2 N–H and O–H groups in total. The molecule has 0 amide bonds. The molecule has 0 aliphatic rings. The maximum Gasteiger partial charge on any atom is 0.238 e. The van der Waals surface area contributed by atoms with Crippen LogP contribution in [0.2, 0.25) is 15.1 Å². The number of primary sulfonamides is 1. The lowest BCUT2D eigenvalue weighted by Crippen LogP contribution is -2.12. The SMILES string of the molecule is NS(=O)(=O)c1ccc(-n2nc(-c3ccc(Cl)c(Cl)c3)cc2-c2ccc(Cl)cc2)cc1. The van der Waals surface area contributed by atoms with Crippen molar-refractivity contribution in [1.82, 2.24) is 9.78 Å². The minimum atomic E-state index is -3.79. The first-order valence-electron chi connectivity index (χ1n) is 8.67. The molecule has 0 fully saturated rings. The summed E-state index contributed by atoms with van der Waals surface area (Å²) in [5.41, 5.74) is 3.80. The molecule has 0 spiro atoms. The summed E-state index contributed by atoms with van der Waals surface area (Å²) in [6.07, 6.45) is 0. The summed E-state index contributed by atoms with van der Waals surface area (Å²) >= 11 is 18.2. The van der Waals surface area contributed by atoms with Crippen LogP contribution in [0.3, 0.4) is 0 Å². The van der Waals surface area contributed by atoms with Crippen LogP contribution in [0.4, 0.5) is 0 Å². The van der Waals surface area contributed by atoms with Crippen LogP contribution >= 0.6 is 34.8 Å². The average molecular weight is 479 g/mol. The van der Waals surface area contributed by atoms with Crippen molar-refractivity contribution in [3.05, 3.63) is 87.9 Å². The zero-order valence-corrected chi connectivity index (χ0v) is 18.3. The second-order valence-corrected chi connectivity index (χ2v) is 9.31. The van der Waals surface area contributed by atoms with Gasteiger partial charge < -0.3 is 0 Å². The number of hydrogen-bond acceptors (Lipinski definition) is 3. The normalized spacial score (nSPS) is 11.6. The monoisotopic (exact) mass is 477 g/mol. The van der Waals surface area contributed by atoms with E-state index in [1.54, 1.807) is 41.1 Å². The lowest BCUT2D eigenvalue weighted by molar-refractivity contribution is 0.598. The fourth-order valence-electron chi connectivity index (χ4n) is 2.98. The second kappa shape index (κ2) is 8.06. The molecule has 1 aromatic heterocycles. The van der Waals surface area contributed by atoms with Gasteiger partial charge in [0.15, 0.2) is 0 Å². The molecular formula is C21H14Cl3N3O2S. The molecule has 4 rings (SSSR count). The molecule has 0 aliphatic carbocycles. The van der Waals surface area contributed by atoms with Gasteiger partial charge in [0.1, 0.15) is 0 Å². The van der Waals surface area contributed by atoms with Crippen molar-refractivity contribution in [2.24, 2.45) is 5.14 Å². The summed E-state index contributed by atoms with van der Waals surface area (Å²) in [7, 11) is -3.79. The van der Waals surface area contributed by atoms with Crippen LogP contribution in [0.25, 0.3) is 28.2 Å². The molecule has 0 saturated carbocycles. The molecule has 0 atom stereocenters. The van der Waals surface area contributed by atoms with Crippen LogP contribution in [-0.4, -0.2) is 18.2 Å². The van der Waals surface area contributed by atoms with E-state index in [2.05, 4.69) is 0 Å². The first-order chi connectivity index (χ1) is 14.2. The highest BCUT2D eigenvalue weighted by Gasteiger charge is 2.15. The molecule has 152 valence electrons. The summed E-state index contributed by atoms with van der Waals surface area (Å²) in [6, 6.07) is 20.7. The summed E-state index contributed by atoms with van der Waals surface area (Å²) in [5.74, 6) is 0.